The second-order valence-corrected chi connectivity index (χ2v) is 8.55. The molecule has 0 N–H and O–H groups in total. The Balaban J connectivity index is 2.54. The number of hydrogen-bond donors (Lipinski definition) is 0. The van der Waals surface area contributed by atoms with Crippen LogP contribution in [0.25, 0.3) is 0 Å². The molecule has 1 rings (SSSR count). The molecule has 2 atom stereocenters. The average Bonchev–Trinajstić information content (AvgIpc) is 2.89. The Hall–Kier alpha value is -0.530. The summed E-state index contributed by atoms with van der Waals surface area (Å²) in [5.74, 6) is 1.75. The van der Waals surface area contributed by atoms with Gasteiger partial charge in [-0.2, -0.15) is 0 Å². The Bertz CT molecular complexity index is 310. The molecule has 1 heterocycles. The number of unbranched alkanes of at least 4 members (excludes halogenated alkanes) is 1. The van der Waals surface area contributed by atoms with Gasteiger partial charge in [-0.15, -0.1) is 0 Å². The molecule has 0 saturated carbocycles. The summed E-state index contributed by atoms with van der Waals surface area (Å²) >= 11 is 0. The minimum atomic E-state index is 0.239. The van der Waals surface area contributed by atoms with Crippen LogP contribution in [0.15, 0.2) is 0 Å². The Kier molecular flexibility index (Phi) is 7.23. The van der Waals surface area contributed by atoms with Gasteiger partial charge in [0.15, 0.2) is 0 Å². The van der Waals surface area contributed by atoms with Crippen LogP contribution in [0.5, 0.6) is 0 Å². The van der Waals surface area contributed by atoms with Crippen LogP contribution >= 0.6 is 0 Å². The lowest BCUT2D eigenvalue weighted by Crippen LogP contribution is -2.38. The summed E-state index contributed by atoms with van der Waals surface area (Å²) in [6.45, 7) is 15.7. The maximum absolute atomic E-state index is 12.8. The largest absolute Gasteiger partial charge is 0.342 e. The Morgan fingerprint density at radius 3 is 2.10 bits per heavy atom. The fourth-order valence-corrected chi connectivity index (χ4v) is 3.27. The highest BCUT2D eigenvalue weighted by molar-refractivity contribution is 5.79. The van der Waals surface area contributed by atoms with E-state index in [1.807, 2.05) is 0 Å². The van der Waals surface area contributed by atoms with Gasteiger partial charge >= 0.3 is 0 Å². The molecule has 0 aromatic rings. The van der Waals surface area contributed by atoms with Crippen LogP contribution in [0.3, 0.4) is 0 Å². The summed E-state index contributed by atoms with van der Waals surface area (Å²) in [7, 11) is 0. The Morgan fingerprint density at radius 2 is 1.62 bits per heavy atom. The summed E-state index contributed by atoms with van der Waals surface area (Å²) in [4.78, 5) is 14.9. The lowest BCUT2D eigenvalue weighted by molar-refractivity contribution is -0.137. The lowest BCUT2D eigenvalue weighted by atomic mass is 9.80. The summed E-state index contributed by atoms with van der Waals surface area (Å²) in [5.41, 5.74) is 0.415. The number of amides is 1. The predicted molar refractivity (Wildman–Crippen MR) is 91.2 cm³/mol. The monoisotopic (exact) mass is 295 g/mol. The quantitative estimate of drug-likeness (QED) is 0.597. The molecule has 2 unspecified atom stereocenters. The van der Waals surface area contributed by atoms with Crippen molar-refractivity contribution in [3.05, 3.63) is 0 Å². The van der Waals surface area contributed by atoms with E-state index in [1.54, 1.807) is 0 Å². The number of carbonyl (C=O) groups excluding carboxylic acids is 1. The first-order valence-corrected chi connectivity index (χ1v) is 9.01. The smallest absolute Gasteiger partial charge is 0.225 e. The standard InChI is InChI=1S/C19H37NO/c1-15(2)16(3)17(11-7-8-12-19(4,5)6)18(21)20-13-9-10-14-20/h15-17H,7-14H2,1-6H3. The third kappa shape index (κ3) is 6.40. The molecule has 1 saturated heterocycles. The number of hydrogen-bond acceptors (Lipinski definition) is 1. The predicted octanol–water partition coefficient (Wildman–Crippen LogP) is 5.12. The van der Waals surface area contributed by atoms with Crippen molar-refractivity contribution in [3.63, 3.8) is 0 Å². The molecule has 0 spiro atoms. The van der Waals surface area contributed by atoms with E-state index >= 15 is 0 Å². The van der Waals surface area contributed by atoms with E-state index in [0.717, 1.165) is 19.5 Å². The minimum Gasteiger partial charge on any atom is -0.342 e. The number of carbonyl (C=O) groups is 1. The summed E-state index contributed by atoms with van der Waals surface area (Å²) in [6, 6.07) is 0. The molecular formula is C19H37NO. The maximum atomic E-state index is 12.8. The first-order valence-electron chi connectivity index (χ1n) is 9.01. The van der Waals surface area contributed by atoms with Crippen molar-refractivity contribution in [1.82, 2.24) is 4.90 Å². The third-order valence-corrected chi connectivity index (χ3v) is 5.11. The van der Waals surface area contributed by atoms with Crippen LogP contribution in [-0.2, 0) is 4.79 Å². The number of nitrogens with zero attached hydrogens (tertiary/aromatic N) is 1. The van der Waals surface area contributed by atoms with Gasteiger partial charge in [0, 0.05) is 19.0 Å². The zero-order valence-corrected chi connectivity index (χ0v) is 15.2. The Morgan fingerprint density at radius 1 is 1.05 bits per heavy atom. The zero-order chi connectivity index (χ0) is 16.0. The van der Waals surface area contributed by atoms with Gasteiger partial charge in [-0.05, 0) is 42.9 Å². The topological polar surface area (TPSA) is 20.3 Å². The maximum Gasteiger partial charge on any atom is 0.225 e. The third-order valence-electron chi connectivity index (χ3n) is 5.11. The average molecular weight is 296 g/mol. The normalized spacial score (nSPS) is 19.1. The van der Waals surface area contributed by atoms with Crippen molar-refractivity contribution in [2.45, 2.75) is 80.1 Å². The molecule has 2 heteroatoms. The second-order valence-electron chi connectivity index (χ2n) is 8.55. The highest BCUT2D eigenvalue weighted by Crippen LogP contribution is 2.30. The molecule has 1 fully saturated rings. The number of likely N-dealkylation sites (tertiary alicyclic amines) is 1. The van der Waals surface area contributed by atoms with Crippen molar-refractivity contribution >= 4 is 5.91 Å². The fraction of sp³-hybridized carbons (Fsp3) is 0.947. The van der Waals surface area contributed by atoms with Gasteiger partial charge in [-0.3, -0.25) is 4.79 Å². The molecule has 0 bridgehead atoms. The van der Waals surface area contributed by atoms with Gasteiger partial charge in [-0.25, -0.2) is 0 Å². The van der Waals surface area contributed by atoms with Crippen molar-refractivity contribution < 1.29 is 4.79 Å². The number of rotatable bonds is 7. The van der Waals surface area contributed by atoms with Gasteiger partial charge in [0.05, 0.1) is 0 Å². The van der Waals surface area contributed by atoms with E-state index < -0.39 is 0 Å². The van der Waals surface area contributed by atoms with Gasteiger partial charge in [0.2, 0.25) is 5.91 Å². The fourth-order valence-electron chi connectivity index (χ4n) is 3.27. The molecular weight excluding hydrogens is 258 g/mol. The van der Waals surface area contributed by atoms with Crippen molar-refractivity contribution in [1.29, 1.82) is 0 Å². The zero-order valence-electron chi connectivity index (χ0n) is 15.2. The second kappa shape index (κ2) is 8.19. The van der Waals surface area contributed by atoms with Gasteiger partial charge in [-0.1, -0.05) is 54.4 Å². The van der Waals surface area contributed by atoms with Crippen molar-refractivity contribution in [2.24, 2.45) is 23.2 Å². The molecule has 21 heavy (non-hydrogen) atoms. The van der Waals surface area contributed by atoms with Crippen LogP contribution in [0.4, 0.5) is 0 Å². The van der Waals surface area contributed by atoms with Crippen LogP contribution in [0, 0.1) is 23.2 Å². The van der Waals surface area contributed by atoms with E-state index in [9.17, 15) is 4.79 Å². The van der Waals surface area contributed by atoms with E-state index in [1.165, 1.54) is 32.1 Å². The van der Waals surface area contributed by atoms with E-state index in [4.69, 9.17) is 0 Å². The molecule has 2 nitrogen and oxygen atoms in total. The van der Waals surface area contributed by atoms with E-state index in [2.05, 4.69) is 46.4 Å². The summed E-state index contributed by atoms with van der Waals surface area (Å²) in [5, 5.41) is 0. The lowest BCUT2D eigenvalue weighted by Gasteiger charge is -2.30. The highest BCUT2D eigenvalue weighted by atomic mass is 16.2. The molecule has 1 aliphatic rings. The van der Waals surface area contributed by atoms with Crippen molar-refractivity contribution in [2.75, 3.05) is 13.1 Å². The highest BCUT2D eigenvalue weighted by Gasteiger charge is 2.31. The Labute approximate surface area is 132 Å². The van der Waals surface area contributed by atoms with Crippen LogP contribution in [0.2, 0.25) is 0 Å². The molecule has 1 amide bonds. The minimum absolute atomic E-state index is 0.239. The van der Waals surface area contributed by atoms with Crippen molar-refractivity contribution in [3.8, 4) is 0 Å². The van der Waals surface area contributed by atoms with Crippen LogP contribution in [-0.4, -0.2) is 23.9 Å². The molecule has 1 aliphatic heterocycles. The van der Waals surface area contributed by atoms with Gasteiger partial charge < -0.3 is 4.90 Å². The summed E-state index contributed by atoms with van der Waals surface area (Å²) < 4.78 is 0. The molecule has 0 aromatic heterocycles. The van der Waals surface area contributed by atoms with Crippen LogP contribution in [0.1, 0.15) is 80.1 Å². The molecule has 0 aliphatic carbocycles. The van der Waals surface area contributed by atoms with Gasteiger partial charge in [0.25, 0.3) is 0 Å². The summed E-state index contributed by atoms with van der Waals surface area (Å²) in [6.07, 6.45) is 7.16. The van der Waals surface area contributed by atoms with Crippen LogP contribution < -0.4 is 0 Å². The first-order chi connectivity index (χ1) is 9.72. The molecule has 124 valence electrons. The van der Waals surface area contributed by atoms with Gasteiger partial charge in [0.1, 0.15) is 0 Å². The molecule has 0 radical (unpaired) electrons. The SMILES string of the molecule is CC(C)C(C)C(CCCCC(C)(C)C)C(=O)N1CCCC1. The van der Waals surface area contributed by atoms with E-state index in [-0.39, 0.29) is 5.92 Å². The molecule has 0 aromatic carbocycles. The first kappa shape index (κ1) is 18.5. The van der Waals surface area contributed by atoms with E-state index in [0.29, 0.717) is 23.2 Å².